The van der Waals surface area contributed by atoms with Gasteiger partial charge >= 0.3 is 0 Å². The Kier molecular flexibility index (Phi) is 4.22. The molecule has 0 aliphatic heterocycles. The van der Waals surface area contributed by atoms with Crippen molar-refractivity contribution >= 4 is 11.3 Å². The molecule has 3 rings (SSSR count). The van der Waals surface area contributed by atoms with Crippen LogP contribution in [0.3, 0.4) is 0 Å². The van der Waals surface area contributed by atoms with E-state index in [4.69, 9.17) is 0 Å². The number of H-pyrrole nitrogens is 1. The first-order valence-corrected chi connectivity index (χ1v) is 8.42. The molecule has 2 heterocycles. The summed E-state index contributed by atoms with van der Waals surface area (Å²) in [5, 5.41) is 13.1. The van der Waals surface area contributed by atoms with Crippen LogP contribution in [-0.2, 0) is 6.54 Å². The number of hydrogen-bond donors (Lipinski definition) is 2. The Morgan fingerprint density at radius 3 is 2.95 bits per heavy atom. The highest BCUT2D eigenvalue weighted by Gasteiger charge is 2.26. The molecular formula is C16H23N3S. The van der Waals surface area contributed by atoms with Gasteiger partial charge in [0.05, 0.1) is 16.8 Å². The maximum absolute atomic E-state index is 4.20. The van der Waals surface area contributed by atoms with E-state index in [9.17, 15) is 0 Å². The van der Waals surface area contributed by atoms with E-state index in [-0.39, 0.29) is 0 Å². The number of aromatic nitrogens is 2. The fraction of sp³-hybridized carbons (Fsp3) is 0.562. The quantitative estimate of drug-likeness (QED) is 0.866. The molecule has 2 N–H and O–H groups in total. The van der Waals surface area contributed by atoms with Crippen LogP contribution in [0.5, 0.6) is 0 Å². The van der Waals surface area contributed by atoms with Crippen LogP contribution in [0.1, 0.15) is 44.6 Å². The molecule has 4 heteroatoms. The molecule has 0 unspecified atom stereocenters. The molecule has 0 amide bonds. The average Bonchev–Trinajstić information content (AvgIpc) is 3.09. The van der Waals surface area contributed by atoms with Gasteiger partial charge in [0.1, 0.15) is 0 Å². The number of hydrogen-bond acceptors (Lipinski definition) is 3. The second kappa shape index (κ2) is 6.10. The van der Waals surface area contributed by atoms with Crippen molar-refractivity contribution in [1.82, 2.24) is 15.5 Å². The molecule has 1 aliphatic rings. The van der Waals surface area contributed by atoms with Crippen LogP contribution >= 0.6 is 11.3 Å². The van der Waals surface area contributed by atoms with Gasteiger partial charge in [-0.3, -0.25) is 5.10 Å². The van der Waals surface area contributed by atoms with Crippen molar-refractivity contribution in [3.63, 3.8) is 0 Å². The van der Waals surface area contributed by atoms with Crippen LogP contribution in [-0.4, -0.2) is 16.7 Å². The van der Waals surface area contributed by atoms with E-state index >= 15 is 0 Å². The molecule has 0 saturated heterocycles. The fourth-order valence-corrected chi connectivity index (χ4v) is 3.92. The van der Waals surface area contributed by atoms with Crippen LogP contribution in [0.25, 0.3) is 10.6 Å². The van der Waals surface area contributed by atoms with Gasteiger partial charge in [-0.05, 0) is 29.7 Å². The largest absolute Gasteiger partial charge is 0.312 e. The Hall–Kier alpha value is -1.13. The predicted octanol–water partition coefficient (Wildman–Crippen LogP) is 4.20. The molecule has 20 heavy (non-hydrogen) atoms. The lowest BCUT2D eigenvalue weighted by Crippen LogP contribution is -2.33. The van der Waals surface area contributed by atoms with Gasteiger partial charge in [-0.25, -0.2) is 0 Å². The van der Waals surface area contributed by atoms with Crippen molar-refractivity contribution < 1.29 is 0 Å². The van der Waals surface area contributed by atoms with Gasteiger partial charge in [0.25, 0.3) is 0 Å². The molecule has 2 aromatic rings. The summed E-state index contributed by atoms with van der Waals surface area (Å²) < 4.78 is 0. The van der Waals surface area contributed by atoms with Gasteiger partial charge in [-0.2, -0.15) is 5.10 Å². The number of rotatable bonds is 5. The average molecular weight is 289 g/mol. The van der Waals surface area contributed by atoms with Gasteiger partial charge in [0.15, 0.2) is 0 Å². The minimum absolute atomic E-state index is 0.491. The van der Waals surface area contributed by atoms with Crippen LogP contribution < -0.4 is 5.32 Å². The molecule has 0 spiro atoms. The van der Waals surface area contributed by atoms with Crippen molar-refractivity contribution in [3.8, 4) is 10.6 Å². The zero-order valence-corrected chi connectivity index (χ0v) is 12.9. The Bertz CT molecular complexity index is 524. The fourth-order valence-electron chi connectivity index (χ4n) is 3.16. The number of nitrogens with one attached hydrogen (secondary N) is 2. The maximum atomic E-state index is 4.20. The first-order valence-electron chi connectivity index (χ1n) is 7.54. The van der Waals surface area contributed by atoms with Gasteiger partial charge in [-0.1, -0.05) is 32.3 Å². The van der Waals surface area contributed by atoms with Crippen LogP contribution in [0.4, 0.5) is 0 Å². The minimum atomic E-state index is 0.491. The summed E-state index contributed by atoms with van der Waals surface area (Å²) in [6, 6.07) is 4.23. The van der Waals surface area contributed by atoms with Crippen molar-refractivity contribution in [3.05, 3.63) is 29.3 Å². The summed E-state index contributed by atoms with van der Waals surface area (Å²) in [6.45, 7) is 4.44. The number of nitrogens with zero attached hydrogens (tertiary/aromatic N) is 1. The lowest BCUT2D eigenvalue weighted by molar-refractivity contribution is 0.207. The summed E-state index contributed by atoms with van der Waals surface area (Å²) >= 11 is 1.76. The molecule has 2 aromatic heterocycles. The lowest BCUT2D eigenvalue weighted by Gasteiger charge is -2.33. The zero-order chi connectivity index (χ0) is 13.8. The van der Waals surface area contributed by atoms with Crippen LogP contribution in [0.15, 0.2) is 23.7 Å². The highest BCUT2D eigenvalue weighted by atomic mass is 32.1. The van der Waals surface area contributed by atoms with E-state index in [1.165, 1.54) is 48.2 Å². The van der Waals surface area contributed by atoms with Gasteiger partial charge in [0.2, 0.25) is 0 Å². The monoisotopic (exact) mass is 289 g/mol. The second-order valence-corrected chi connectivity index (χ2v) is 7.17. The highest BCUT2D eigenvalue weighted by Crippen LogP contribution is 2.35. The molecule has 1 saturated carbocycles. The molecule has 0 aromatic carbocycles. The second-order valence-electron chi connectivity index (χ2n) is 6.22. The van der Waals surface area contributed by atoms with E-state index in [1.807, 2.05) is 6.20 Å². The lowest BCUT2D eigenvalue weighted by atomic mass is 9.76. The normalized spacial score (nSPS) is 18.2. The molecule has 3 nitrogen and oxygen atoms in total. The molecular weight excluding hydrogens is 266 g/mol. The number of thiophene rings is 1. The van der Waals surface area contributed by atoms with E-state index in [0.717, 1.165) is 13.1 Å². The van der Waals surface area contributed by atoms with Gasteiger partial charge in [-0.15, -0.1) is 11.3 Å². The summed E-state index contributed by atoms with van der Waals surface area (Å²) in [4.78, 5) is 1.27. The molecule has 0 atom stereocenters. The summed E-state index contributed by atoms with van der Waals surface area (Å²) in [7, 11) is 0. The summed E-state index contributed by atoms with van der Waals surface area (Å²) in [5.41, 5.74) is 2.93. The van der Waals surface area contributed by atoms with Gasteiger partial charge < -0.3 is 5.32 Å². The van der Waals surface area contributed by atoms with E-state index in [0.29, 0.717) is 5.41 Å². The SMILES string of the molecule is CC1(CNCc2cn[nH]c2-c2cccs2)CCCCC1. The summed E-state index contributed by atoms with van der Waals surface area (Å²) in [6.07, 6.45) is 8.88. The smallest absolute Gasteiger partial charge is 0.0794 e. The Labute approximate surface area is 124 Å². The van der Waals surface area contributed by atoms with Crippen LogP contribution in [0.2, 0.25) is 0 Å². The van der Waals surface area contributed by atoms with Crippen LogP contribution in [0, 0.1) is 5.41 Å². The topological polar surface area (TPSA) is 40.7 Å². The first kappa shape index (κ1) is 13.8. The van der Waals surface area contributed by atoms with Crippen molar-refractivity contribution in [1.29, 1.82) is 0 Å². The molecule has 1 fully saturated rings. The Morgan fingerprint density at radius 1 is 1.35 bits per heavy atom. The molecule has 0 bridgehead atoms. The predicted molar refractivity (Wildman–Crippen MR) is 84.8 cm³/mol. The molecule has 0 radical (unpaired) electrons. The molecule has 108 valence electrons. The van der Waals surface area contributed by atoms with Crippen molar-refractivity contribution in [2.45, 2.75) is 45.6 Å². The van der Waals surface area contributed by atoms with E-state index < -0.39 is 0 Å². The van der Waals surface area contributed by atoms with E-state index in [1.54, 1.807) is 11.3 Å². The zero-order valence-electron chi connectivity index (χ0n) is 12.1. The van der Waals surface area contributed by atoms with E-state index in [2.05, 4.69) is 40.0 Å². The molecule has 1 aliphatic carbocycles. The number of aromatic amines is 1. The maximum Gasteiger partial charge on any atom is 0.0794 e. The third-order valence-electron chi connectivity index (χ3n) is 4.41. The third kappa shape index (κ3) is 3.13. The Morgan fingerprint density at radius 2 is 2.20 bits per heavy atom. The first-order chi connectivity index (χ1) is 9.77. The highest BCUT2D eigenvalue weighted by molar-refractivity contribution is 7.13. The summed E-state index contributed by atoms with van der Waals surface area (Å²) in [5.74, 6) is 0. The third-order valence-corrected chi connectivity index (χ3v) is 5.30. The van der Waals surface area contributed by atoms with Crippen molar-refractivity contribution in [2.75, 3.05) is 6.54 Å². The Balaban J connectivity index is 1.58. The van der Waals surface area contributed by atoms with Crippen molar-refractivity contribution in [2.24, 2.45) is 5.41 Å². The van der Waals surface area contributed by atoms with Gasteiger partial charge in [0, 0.05) is 18.7 Å². The minimum Gasteiger partial charge on any atom is -0.312 e. The standard InChI is InChI=1S/C16H23N3S/c1-16(7-3-2-4-8-16)12-17-10-13-11-18-19-15(13)14-6-5-9-20-14/h5-6,9,11,17H,2-4,7-8,10,12H2,1H3,(H,18,19).